The van der Waals surface area contributed by atoms with Crippen LogP contribution in [0.5, 0.6) is 0 Å². The molecule has 2 unspecified atom stereocenters. The third kappa shape index (κ3) is 2.47. The fourth-order valence-electron chi connectivity index (χ4n) is 3.60. The van der Waals surface area contributed by atoms with E-state index < -0.39 is 0 Å². The molecule has 2 atom stereocenters. The predicted octanol–water partition coefficient (Wildman–Crippen LogP) is 0.826. The average molecular weight is 277 g/mol. The van der Waals surface area contributed by atoms with Crippen LogP contribution in [-0.2, 0) is 11.3 Å². The van der Waals surface area contributed by atoms with E-state index in [0.717, 1.165) is 25.4 Å². The summed E-state index contributed by atoms with van der Waals surface area (Å²) in [7, 11) is 0. The summed E-state index contributed by atoms with van der Waals surface area (Å²) in [5.41, 5.74) is 0.0934. The molecule has 2 fully saturated rings. The Labute approximate surface area is 119 Å². The van der Waals surface area contributed by atoms with Crippen LogP contribution in [0.15, 0.2) is 22.8 Å². The first-order chi connectivity index (χ1) is 9.57. The average Bonchev–Trinajstić information content (AvgIpc) is 3.09. The molecular formula is C15H23N3O2. The summed E-state index contributed by atoms with van der Waals surface area (Å²) in [6, 6.07) is 3.70. The van der Waals surface area contributed by atoms with E-state index in [1.165, 1.54) is 0 Å². The van der Waals surface area contributed by atoms with Crippen LogP contribution in [0.4, 0.5) is 0 Å². The zero-order valence-corrected chi connectivity index (χ0v) is 12.2. The minimum absolute atomic E-state index is 0.0717. The molecule has 1 aromatic rings. The first-order valence-corrected chi connectivity index (χ1v) is 7.32. The number of hydrogen-bond acceptors (Lipinski definition) is 4. The summed E-state index contributed by atoms with van der Waals surface area (Å²) < 4.78 is 5.22. The number of nitrogens with zero attached hydrogens (tertiary/aromatic N) is 1. The molecule has 1 aromatic heterocycles. The molecule has 0 aromatic carbocycles. The van der Waals surface area contributed by atoms with Gasteiger partial charge in [0.15, 0.2) is 0 Å². The lowest BCUT2D eigenvalue weighted by Crippen LogP contribution is -2.48. The molecule has 0 saturated carbocycles. The fourth-order valence-corrected chi connectivity index (χ4v) is 3.60. The lowest BCUT2D eigenvalue weighted by atomic mass is 9.85. The molecule has 2 aliphatic rings. The van der Waals surface area contributed by atoms with Crippen LogP contribution in [-0.4, -0.2) is 42.5 Å². The van der Waals surface area contributed by atoms with Gasteiger partial charge in [0.1, 0.15) is 5.76 Å². The summed E-state index contributed by atoms with van der Waals surface area (Å²) in [4.78, 5) is 14.4. The number of carbonyl (C=O) groups excluding carboxylic acids is 1. The Bertz CT molecular complexity index is 469. The van der Waals surface area contributed by atoms with Crippen LogP contribution in [0.1, 0.15) is 19.6 Å². The van der Waals surface area contributed by atoms with Crippen LogP contribution < -0.4 is 10.6 Å². The Morgan fingerprint density at radius 3 is 3.10 bits per heavy atom. The van der Waals surface area contributed by atoms with E-state index in [0.29, 0.717) is 24.9 Å². The van der Waals surface area contributed by atoms with Crippen molar-refractivity contribution in [3.8, 4) is 0 Å². The summed E-state index contributed by atoms with van der Waals surface area (Å²) in [5.74, 6) is 2.20. The van der Waals surface area contributed by atoms with Crippen molar-refractivity contribution >= 4 is 5.91 Å². The summed E-state index contributed by atoms with van der Waals surface area (Å²) >= 11 is 0. The van der Waals surface area contributed by atoms with Crippen molar-refractivity contribution in [1.29, 1.82) is 0 Å². The number of furan rings is 1. The van der Waals surface area contributed by atoms with Crippen LogP contribution in [0.25, 0.3) is 0 Å². The Morgan fingerprint density at radius 2 is 2.40 bits per heavy atom. The van der Waals surface area contributed by atoms with Crippen molar-refractivity contribution in [3.05, 3.63) is 24.2 Å². The highest BCUT2D eigenvalue weighted by Crippen LogP contribution is 2.40. The number of fused-ring (bicyclic) bond motifs is 1. The molecule has 2 aliphatic heterocycles. The van der Waals surface area contributed by atoms with Gasteiger partial charge < -0.3 is 15.1 Å². The zero-order chi connectivity index (χ0) is 14.2. The fraction of sp³-hybridized carbons (Fsp3) is 0.667. The summed E-state index contributed by atoms with van der Waals surface area (Å²) in [5, 5.41) is 6.38. The number of carbonyl (C=O) groups is 1. The number of hydrogen-bond donors (Lipinski definition) is 2. The first kappa shape index (κ1) is 13.6. The van der Waals surface area contributed by atoms with Gasteiger partial charge in [0, 0.05) is 18.6 Å². The molecule has 20 heavy (non-hydrogen) atoms. The smallest absolute Gasteiger partial charge is 0.234 e. The lowest BCUT2D eigenvalue weighted by Gasteiger charge is -2.35. The topological polar surface area (TPSA) is 57.5 Å². The molecule has 5 nitrogen and oxygen atoms in total. The predicted molar refractivity (Wildman–Crippen MR) is 76.1 cm³/mol. The number of nitrogens with one attached hydrogen (secondary N) is 2. The number of likely N-dealkylation sites (tertiary alicyclic amines) is 1. The Hall–Kier alpha value is -1.33. The number of rotatable bonds is 4. The van der Waals surface area contributed by atoms with Gasteiger partial charge in [-0.25, -0.2) is 0 Å². The third-order valence-corrected chi connectivity index (χ3v) is 4.89. The van der Waals surface area contributed by atoms with E-state index in [-0.39, 0.29) is 11.4 Å². The molecule has 0 spiro atoms. The van der Waals surface area contributed by atoms with Gasteiger partial charge in [0.25, 0.3) is 0 Å². The standard InChI is InChI=1S/C15H23N3O2/c1-15(2)13-8-16-6-11(13)9-18(15)10-14(19)17-7-12-4-3-5-20-12/h3-5,11,13,16H,6-10H2,1-2H3,(H,17,19). The molecule has 2 N–H and O–H groups in total. The van der Waals surface area contributed by atoms with Crippen LogP contribution in [0, 0.1) is 11.8 Å². The lowest BCUT2D eigenvalue weighted by molar-refractivity contribution is -0.123. The van der Waals surface area contributed by atoms with E-state index in [2.05, 4.69) is 29.4 Å². The van der Waals surface area contributed by atoms with Gasteiger partial charge in [-0.3, -0.25) is 9.69 Å². The maximum atomic E-state index is 12.1. The summed E-state index contributed by atoms with van der Waals surface area (Å²) in [6.45, 7) is 8.61. The minimum atomic E-state index is 0.0717. The van der Waals surface area contributed by atoms with Crippen LogP contribution in [0.3, 0.4) is 0 Å². The van der Waals surface area contributed by atoms with Gasteiger partial charge in [0.05, 0.1) is 19.4 Å². The maximum Gasteiger partial charge on any atom is 0.234 e. The Morgan fingerprint density at radius 1 is 1.55 bits per heavy atom. The van der Waals surface area contributed by atoms with Gasteiger partial charge >= 0.3 is 0 Å². The highest BCUT2D eigenvalue weighted by molar-refractivity contribution is 5.78. The van der Waals surface area contributed by atoms with E-state index >= 15 is 0 Å². The monoisotopic (exact) mass is 277 g/mol. The second-order valence-electron chi connectivity index (χ2n) is 6.42. The van der Waals surface area contributed by atoms with Crippen molar-refractivity contribution in [2.75, 3.05) is 26.2 Å². The van der Waals surface area contributed by atoms with Crippen molar-refractivity contribution in [2.24, 2.45) is 11.8 Å². The third-order valence-electron chi connectivity index (χ3n) is 4.89. The zero-order valence-electron chi connectivity index (χ0n) is 12.2. The molecule has 0 bridgehead atoms. The largest absolute Gasteiger partial charge is 0.467 e. The SMILES string of the molecule is CC1(C)C2CNCC2CN1CC(=O)NCc1ccco1. The highest BCUT2D eigenvalue weighted by Gasteiger charge is 2.49. The summed E-state index contributed by atoms with van der Waals surface area (Å²) in [6.07, 6.45) is 1.62. The Kier molecular flexibility index (Phi) is 3.56. The molecule has 0 aliphatic carbocycles. The quantitative estimate of drug-likeness (QED) is 0.856. The molecule has 3 rings (SSSR count). The molecule has 3 heterocycles. The molecule has 0 radical (unpaired) electrons. The van der Waals surface area contributed by atoms with Gasteiger partial charge in [0.2, 0.25) is 5.91 Å². The molecule has 2 saturated heterocycles. The second kappa shape index (κ2) is 5.22. The number of amides is 1. The second-order valence-corrected chi connectivity index (χ2v) is 6.42. The van der Waals surface area contributed by atoms with Crippen LogP contribution in [0.2, 0.25) is 0 Å². The normalized spacial score (nSPS) is 28.5. The van der Waals surface area contributed by atoms with E-state index in [4.69, 9.17) is 4.42 Å². The van der Waals surface area contributed by atoms with E-state index in [1.54, 1.807) is 6.26 Å². The Balaban J connectivity index is 1.54. The maximum absolute atomic E-state index is 12.1. The van der Waals surface area contributed by atoms with Gasteiger partial charge in [-0.15, -0.1) is 0 Å². The van der Waals surface area contributed by atoms with Gasteiger partial charge in [-0.2, -0.15) is 0 Å². The first-order valence-electron chi connectivity index (χ1n) is 7.32. The van der Waals surface area contributed by atoms with Crippen molar-refractivity contribution in [2.45, 2.75) is 25.9 Å². The minimum Gasteiger partial charge on any atom is -0.467 e. The molecule has 110 valence electrons. The van der Waals surface area contributed by atoms with E-state index in [9.17, 15) is 4.79 Å². The van der Waals surface area contributed by atoms with E-state index in [1.807, 2.05) is 12.1 Å². The van der Waals surface area contributed by atoms with Gasteiger partial charge in [-0.05, 0) is 44.4 Å². The molecular weight excluding hydrogens is 254 g/mol. The van der Waals surface area contributed by atoms with Gasteiger partial charge in [-0.1, -0.05) is 0 Å². The molecule has 5 heteroatoms. The van der Waals surface area contributed by atoms with Crippen LogP contribution >= 0.6 is 0 Å². The van der Waals surface area contributed by atoms with Crippen molar-refractivity contribution in [1.82, 2.24) is 15.5 Å². The highest BCUT2D eigenvalue weighted by atomic mass is 16.3. The van der Waals surface area contributed by atoms with Crippen molar-refractivity contribution < 1.29 is 9.21 Å². The molecule has 1 amide bonds. The van der Waals surface area contributed by atoms with Crippen molar-refractivity contribution in [3.63, 3.8) is 0 Å².